The fourth-order valence-corrected chi connectivity index (χ4v) is 0. The van der Waals surface area contributed by atoms with E-state index in [9.17, 15) is 0 Å². The molecule has 0 atom stereocenters. The van der Waals surface area contributed by atoms with Gasteiger partial charge in [0.15, 0.2) is 0 Å². The Morgan fingerprint density at radius 1 is 1.00 bits per heavy atom. The van der Waals surface area contributed by atoms with Crippen molar-refractivity contribution in [3.8, 4) is 0 Å². The Kier molecular flexibility index (Phi) is 19.4. The van der Waals surface area contributed by atoms with Crippen LogP contribution in [0.2, 0.25) is 0 Å². The zero-order valence-corrected chi connectivity index (χ0v) is 11.8. The van der Waals surface area contributed by atoms with Crippen LogP contribution in [0.5, 0.6) is 0 Å². The molecule has 0 fully saturated rings. The Morgan fingerprint density at radius 3 is 1.00 bits per heavy atom. The molecule has 12 heteroatoms. The zero-order valence-electron chi connectivity index (χ0n) is 6.17. The van der Waals surface area contributed by atoms with Crippen LogP contribution in [0.4, 0.5) is 0 Å². The number of hydrogen-bond donors (Lipinski definition) is 2. The fraction of sp³-hybridized carbons (Fsp3) is 0. The Morgan fingerprint density at radius 2 is 1.00 bits per heavy atom. The maximum absolute atomic E-state index is 8.77. The number of phosphoric acid groups is 1. The molecule has 0 bridgehead atoms. The van der Waals surface area contributed by atoms with Gasteiger partial charge in [-0.2, -0.15) is 0 Å². The van der Waals surface area contributed by atoms with E-state index in [1.807, 2.05) is 0 Å². The average molecular weight is 242 g/mol. The van der Waals surface area contributed by atoms with E-state index in [2.05, 4.69) is 0 Å². The number of halogens is 1. The van der Waals surface area contributed by atoms with E-state index in [0.717, 1.165) is 0 Å². The van der Waals surface area contributed by atoms with Crippen LogP contribution in [0.15, 0.2) is 0 Å². The van der Waals surface area contributed by atoms with Crippen molar-refractivity contribution in [3.63, 3.8) is 0 Å². The van der Waals surface area contributed by atoms with Crippen LogP contribution < -0.4 is 82.6 Å². The summed E-state index contributed by atoms with van der Waals surface area (Å²) in [7, 11) is -9.83. The first-order chi connectivity index (χ1) is 4.00. The molecule has 2 N–H and O–H groups in total. The van der Waals surface area contributed by atoms with Crippen LogP contribution in [0, 0.1) is 10.2 Å². The van der Waals surface area contributed by atoms with Gasteiger partial charge in [-0.25, -0.2) is 18.6 Å². The van der Waals surface area contributed by atoms with Crippen LogP contribution in [-0.4, -0.2) is 9.79 Å². The molecule has 0 aliphatic carbocycles. The Labute approximate surface area is 114 Å². The maximum atomic E-state index is 8.77. The zero-order chi connectivity index (χ0) is 9.00. The second kappa shape index (κ2) is 9.78. The SMILES string of the molecule is O=P([O-])(O)O.[Na+].[Na+].[O-][Cl+3]([O-])([O-])[O-]. The summed E-state index contributed by atoms with van der Waals surface area (Å²) in [5.74, 6) is 0. The third-order valence-corrected chi connectivity index (χ3v) is 0. The summed E-state index contributed by atoms with van der Waals surface area (Å²) in [5, 5.41) is 0. The summed E-state index contributed by atoms with van der Waals surface area (Å²) in [6, 6.07) is 0. The van der Waals surface area contributed by atoms with Crippen LogP contribution in [0.25, 0.3) is 0 Å². The summed E-state index contributed by atoms with van der Waals surface area (Å²) in [5.41, 5.74) is 0. The third kappa shape index (κ3) is 308. The number of rotatable bonds is 0. The van der Waals surface area contributed by atoms with Gasteiger partial charge in [0.25, 0.3) is 7.82 Å². The minimum Gasteiger partial charge on any atom is -0.756 e. The quantitative estimate of drug-likeness (QED) is 0.311. The molecule has 0 radical (unpaired) electrons. The first-order valence-corrected chi connectivity index (χ1v) is 4.15. The topological polar surface area (TPSA) is 173 Å². The molecular weight excluding hydrogens is 240 g/mol. The largest absolute Gasteiger partial charge is 1.00 e. The summed E-state index contributed by atoms with van der Waals surface area (Å²) < 4.78 is 42.7. The summed E-state index contributed by atoms with van der Waals surface area (Å²) in [4.78, 5) is 22.9. The van der Waals surface area contributed by atoms with Gasteiger partial charge in [0.2, 0.25) is 0 Å². The van der Waals surface area contributed by atoms with Crippen molar-refractivity contribution in [2.75, 3.05) is 0 Å². The summed E-state index contributed by atoms with van der Waals surface area (Å²) >= 11 is 0. The molecule has 0 heterocycles. The molecule has 0 spiro atoms. The van der Waals surface area contributed by atoms with E-state index in [-0.39, 0.29) is 59.1 Å². The molecule has 8 nitrogen and oxygen atoms in total. The van der Waals surface area contributed by atoms with Gasteiger partial charge in [0.05, 0.1) is 0 Å². The molecule has 0 aliphatic rings. The number of hydrogen-bond acceptors (Lipinski definition) is 6. The van der Waals surface area contributed by atoms with Crippen molar-refractivity contribution < 1.29 is 107 Å². The van der Waals surface area contributed by atoms with Gasteiger partial charge in [-0.3, -0.25) is 4.57 Å². The van der Waals surface area contributed by atoms with Crippen molar-refractivity contribution in [3.05, 3.63) is 0 Å². The van der Waals surface area contributed by atoms with E-state index in [1.165, 1.54) is 0 Å². The van der Waals surface area contributed by atoms with Gasteiger partial charge >= 0.3 is 59.1 Å². The van der Waals surface area contributed by atoms with Crippen molar-refractivity contribution in [2.45, 2.75) is 0 Å². The minimum atomic E-state index is -4.94. The van der Waals surface area contributed by atoms with Crippen LogP contribution in [0.1, 0.15) is 0 Å². The van der Waals surface area contributed by atoms with Crippen molar-refractivity contribution >= 4 is 7.82 Å². The Hall–Kier alpha value is 2.24. The van der Waals surface area contributed by atoms with Gasteiger partial charge in [-0.15, -0.1) is 10.2 Å². The first-order valence-electron chi connectivity index (χ1n) is 1.38. The van der Waals surface area contributed by atoms with Gasteiger partial charge in [-0.1, -0.05) is 0 Å². The maximum Gasteiger partial charge on any atom is 1.00 e. The molecule has 64 valence electrons. The first kappa shape index (κ1) is 23.8. The fourth-order valence-electron chi connectivity index (χ4n) is 0. The molecule has 0 saturated carbocycles. The second-order valence-corrected chi connectivity index (χ2v) is 2.61. The summed E-state index contributed by atoms with van der Waals surface area (Å²) in [6.07, 6.45) is 0. The van der Waals surface area contributed by atoms with Gasteiger partial charge in [0, 0.05) is 0 Å². The smallest absolute Gasteiger partial charge is 0.756 e. The van der Waals surface area contributed by atoms with Crippen molar-refractivity contribution in [2.24, 2.45) is 0 Å². The Bertz CT molecular complexity index is 109. The van der Waals surface area contributed by atoms with Crippen LogP contribution in [-0.2, 0) is 4.57 Å². The third-order valence-electron chi connectivity index (χ3n) is 0. The van der Waals surface area contributed by atoms with E-state index < -0.39 is 18.1 Å². The average Bonchev–Trinajstić information content (AvgIpc) is 1.12. The van der Waals surface area contributed by atoms with Crippen LogP contribution in [0.3, 0.4) is 0 Å². The molecule has 12 heavy (non-hydrogen) atoms. The minimum absolute atomic E-state index is 0. The molecule has 0 saturated heterocycles. The van der Waals surface area contributed by atoms with E-state index in [1.54, 1.807) is 0 Å². The van der Waals surface area contributed by atoms with E-state index in [4.69, 9.17) is 37.9 Å². The summed E-state index contributed by atoms with van der Waals surface area (Å²) in [6.45, 7) is 0. The normalized spacial score (nSPS) is 9.92. The predicted octanol–water partition coefficient (Wildman–Crippen LogP) is -12.3. The molecule has 0 unspecified atom stereocenters. The van der Waals surface area contributed by atoms with Gasteiger partial charge < -0.3 is 14.7 Å². The molecule has 0 amide bonds. The Balaban J connectivity index is -0.0000000457. The monoisotopic (exact) mass is 242 g/mol. The predicted molar refractivity (Wildman–Crippen MR) is 12.0 cm³/mol. The van der Waals surface area contributed by atoms with E-state index >= 15 is 0 Å². The molecule has 0 aromatic heterocycles. The molecular formula is H2ClNa2O8P. The van der Waals surface area contributed by atoms with Crippen LogP contribution >= 0.6 is 7.82 Å². The van der Waals surface area contributed by atoms with Crippen molar-refractivity contribution in [1.29, 1.82) is 0 Å². The van der Waals surface area contributed by atoms with Gasteiger partial charge in [0.1, 0.15) is 0 Å². The standard InChI is InChI=1S/ClHO4.2Na.H3O4P/c2-1(3,4)5;;;1-5(2,3)4/h(H,2,3,4,5);;;(H3,1,2,3,4)/q;2*+1;/p-2. The molecule has 0 aromatic carbocycles. The molecule has 0 aliphatic heterocycles. The van der Waals surface area contributed by atoms with Crippen molar-refractivity contribution in [1.82, 2.24) is 0 Å². The van der Waals surface area contributed by atoms with Gasteiger partial charge in [-0.05, 0) is 0 Å². The second-order valence-electron chi connectivity index (χ2n) is 0.869. The van der Waals surface area contributed by atoms with E-state index in [0.29, 0.717) is 0 Å². The molecule has 0 aromatic rings. The molecule has 0 rings (SSSR count).